The Morgan fingerprint density at radius 1 is 1.23 bits per heavy atom. The lowest BCUT2D eigenvalue weighted by Gasteiger charge is -2.32. The number of piperidine rings is 1. The van der Waals surface area contributed by atoms with Gasteiger partial charge in [-0.3, -0.25) is 4.79 Å². The fraction of sp³-hybridized carbons (Fsp3) is 0.318. The minimum atomic E-state index is -3.70. The highest BCUT2D eigenvalue weighted by Gasteiger charge is 2.32. The van der Waals surface area contributed by atoms with E-state index < -0.39 is 21.7 Å². The van der Waals surface area contributed by atoms with Gasteiger partial charge >= 0.3 is 0 Å². The van der Waals surface area contributed by atoms with Crippen molar-refractivity contribution in [2.45, 2.75) is 43.0 Å². The number of Topliss-reactive ketones (excluding diaryl/α,β-unsaturated/α-hetero) is 1. The molecule has 2 heterocycles. The molecular weight excluding hydrogens is 418 g/mol. The lowest BCUT2D eigenvalue weighted by atomic mass is 9.99. The summed E-state index contributed by atoms with van der Waals surface area (Å²) in [5, 5.41) is 10.1. The SMILES string of the molecule is CC1CCCCN1S(=O)(=O)c1cccc(C(=O)C(C#N)c2nc3ccccc3s2)c1. The molecule has 30 heavy (non-hydrogen) atoms. The topological polar surface area (TPSA) is 91.1 Å². The van der Waals surface area contributed by atoms with E-state index >= 15 is 0 Å². The van der Waals surface area contributed by atoms with Gasteiger partial charge < -0.3 is 0 Å². The number of aromatic nitrogens is 1. The van der Waals surface area contributed by atoms with Gasteiger partial charge in [0.2, 0.25) is 10.0 Å². The summed E-state index contributed by atoms with van der Waals surface area (Å²) < 4.78 is 28.7. The summed E-state index contributed by atoms with van der Waals surface area (Å²) in [5.74, 6) is -1.52. The van der Waals surface area contributed by atoms with Crippen LogP contribution in [0.15, 0.2) is 53.4 Å². The van der Waals surface area contributed by atoms with E-state index in [1.165, 1.54) is 27.8 Å². The van der Waals surface area contributed by atoms with Gasteiger partial charge in [-0.15, -0.1) is 11.3 Å². The Kier molecular flexibility index (Phi) is 5.69. The number of ketones is 1. The van der Waals surface area contributed by atoms with Crippen LogP contribution in [0.2, 0.25) is 0 Å². The van der Waals surface area contributed by atoms with E-state index in [0.29, 0.717) is 11.6 Å². The van der Waals surface area contributed by atoms with Gasteiger partial charge in [-0.25, -0.2) is 13.4 Å². The normalized spacial score (nSPS) is 18.7. The zero-order valence-corrected chi connectivity index (χ0v) is 18.1. The summed E-state index contributed by atoms with van der Waals surface area (Å²) >= 11 is 1.30. The molecule has 154 valence electrons. The van der Waals surface area contributed by atoms with Crippen molar-refractivity contribution < 1.29 is 13.2 Å². The largest absolute Gasteiger partial charge is 0.292 e. The van der Waals surface area contributed by atoms with Gasteiger partial charge in [0.15, 0.2) is 11.7 Å². The molecule has 3 aromatic rings. The molecule has 8 heteroatoms. The smallest absolute Gasteiger partial charge is 0.243 e. The highest BCUT2D eigenvalue weighted by molar-refractivity contribution is 7.89. The first-order valence-electron chi connectivity index (χ1n) is 9.83. The zero-order valence-electron chi connectivity index (χ0n) is 16.5. The Balaban J connectivity index is 1.67. The van der Waals surface area contributed by atoms with Crippen LogP contribution in [0.4, 0.5) is 0 Å². The average Bonchev–Trinajstić information content (AvgIpc) is 3.18. The first-order chi connectivity index (χ1) is 14.4. The van der Waals surface area contributed by atoms with E-state index in [1.54, 1.807) is 12.1 Å². The number of thiazole rings is 1. The Labute approximate surface area is 179 Å². The van der Waals surface area contributed by atoms with Gasteiger partial charge in [0, 0.05) is 18.2 Å². The van der Waals surface area contributed by atoms with Crippen LogP contribution in [-0.4, -0.2) is 36.1 Å². The molecule has 1 aromatic heterocycles. The van der Waals surface area contributed by atoms with E-state index in [1.807, 2.05) is 37.3 Å². The van der Waals surface area contributed by atoms with Crippen LogP contribution in [0.5, 0.6) is 0 Å². The van der Waals surface area contributed by atoms with Gasteiger partial charge in [0.1, 0.15) is 5.01 Å². The first kappa shape index (κ1) is 20.7. The zero-order chi connectivity index (χ0) is 21.3. The predicted octanol–water partition coefficient (Wildman–Crippen LogP) is 4.35. The molecule has 1 aliphatic rings. The minimum absolute atomic E-state index is 0.0716. The maximum atomic E-state index is 13.1. The van der Waals surface area contributed by atoms with E-state index in [-0.39, 0.29) is 16.5 Å². The molecule has 1 aliphatic heterocycles. The molecule has 0 spiro atoms. The van der Waals surface area contributed by atoms with Crippen molar-refractivity contribution in [3.05, 3.63) is 59.1 Å². The van der Waals surface area contributed by atoms with Crippen molar-refractivity contribution >= 4 is 37.4 Å². The minimum Gasteiger partial charge on any atom is -0.292 e. The summed E-state index contributed by atoms with van der Waals surface area (Å²) in [6.45, 7) is 2.39. The standard InChI is InChI=1S/C22H21N3O3S2/c1-15-7-4-5-12-25(15)30(27,28)17-9-6-8-16(13-17)21(26)18(14-23)22-24-19-10-2-3-11-20(19)29-22/h2-3,6,8-11,13,15,18H,4-5,7,12H2,1H3. The van der Waals surface area contributed by atoms with Gasteiger partial charge in [-0.05, 0) is 44.0 Å². The van der Waals surface area contributed by atoms with E-state index in [9.17, 15) is 18.5 Å². The quantitative estimate of drug-likeness (QED) is 0.551. The lowest BCUT2D eigenvalue weighted by molar-refractivity contribution is 0.0978. The van der Waals surface area contributed by atoms with Crippen molar-refractivity contribution in [2.24, 2.45) is 0 Å². The molecular formula is C22H21N3O3S2. The van der Waals surface area contributed by atoms with Crippen molar-refractivity contribution in [2.75, 3.05) is 6.54 Å². The lowest BCUT2D eigenvalue weighted by Crippen LogP contribution is -2.41. The molecule has 0 radical (unpaired) electrons. The van der Waals surface area contributed by atoms with Crippen molar-refractivity contribution in [3.63, 3.8) is 0 Å². The number of para-hydroxylation sites is 1. The molecule has 4 rings (SSSR count). The van der Waals surface area contributed by atoms with Crippen LogP contribution >= 0.6 is 11.3 Å². The number of fused-ring (bicyclic) bond motifs is 1. The molecule has 0 saturated carbocycles. The average molecular weight is 440 g/mol. The highest BCUT2D eigenvalue weighted by Crippen LogP contribution is 2.31. The highest BCUT2D eigenvalue weighted by atomic mass is 32.2. The third-order valence-electron chi connectivity index (χ3n) is 5.42. The molecule has 2 aromatic carbocycles. The van der Waals surface area contributed by atoms with Gasteiger partial charge in [0.05, 0.1) is 21.2 Å². The molecule has 0 amide bonds. The van der Waals surface area contributed by atoms with Crippen LogP contribution in [0.1, 0.15) is 47.5 Å². The maximum Gasteiger partial charge on any atom is 0.243 e. The Bertz CT molecular complexity index is 1210. The van der Waals surface area contributed by atoms with Crippen LogP contribution in [-0.2, 0) is 10.0 Å². The van der Waals surface area contributed by atoms with Crippen molar-refractivity contribution in [1.82, 2.24) is 9.29 Å². The Morgan fingerprint density at radius 2 is 2.03 bits per heavy atom. The third kappa shape index (κ3) is 3.76. The van der Waals surface area contributed by atoms with Crippen LogP contribution in [0.3, 0.4) is 0 Å². The van der Waals surface area contributed by atoms with Crippen LogP contribution in [0.25, 0.3) is 10.2 Å². The molecule has 0 bridgehead atoms. The number of sulfonamides is 1. The van der Waals surface area contributed by atoms with Crippen molar-refractivity contribution in [3.8, 4) is 6.07 Å². The second kappa shape index (κ2) is 8.26. The number of rotatable bonds is 5. The fourth-order valence-electron chi connectivity index (χ4n) is 3.78. The molecule has 0 N–H and O–H groups in total. The second-order valence-corrected chi connectivity index (χ2v) is 10.4. The fourth-order valence-corrected chi connectivity index (χ4v) is 6.54. The summed E-state index contributed by atoms with van der Waals surface area (Å²) in [6.07, 6.45) is 2.67. The molecule has 0 aliphatic carbocycles. The summed E-state index contributed by atoms with van der Waals surface area (Å²) in [7, 11) is -3.70. The number of benzene rings is 2. The van der Waals surface area contributed by atoms with E-state index in [2.05, 4.69) is 4.98 Å². The van der Waals surface area contributed by atoms with E-state index in [4.69, 9.17) is 0 Å². The number of carbonyl (C=O) groups is 1. The number of hydrogen-bond donors (Lipinski definition) is 0. The molecule has 1 saturated heterocycles. The van der Waals surface area contributed by atoms with Crippen LogP contribution < -0.4 is 0 Å². The number of nitriles is 1. The van der Waals surface area contributed by atoms with Crippen molar-refractivity contribution in [1.29, 1.82) is 5.26 Å². The first-order valence-corrected chi connectivity index (χ1v) is 12.1. The summed E-state index contributed by atoms with van der Waals surface area (Å²) in [6, 6.07) is 15.4. The van der Waals surface area contributed by atoms with E-state index in [0.717, 1.165) is 29.5 Å². The second-order valence-electron chi connectivity index (χ2n) is 7.43. The van der Waals surface area contributed by atoms with Gasteiger partial charge in [0.25, 0.3) is 0 Å². The Morgan fingerprint density at radius 3 is 2.77 bits per heavy atom. The molecule has 2 unspecified atom stereocenters. The summed E-state index contributed by atoms with van der Waals surface area (Å²) in [5.41, 5.74) is 0.938. The molecule has 2 atom stereocenters. The van der Waals surface area contributed by atoms with Gasteiger partial charge in [-0.1, -0.05) is 30.7 Å². The Hall–Kier alpha value is -2.60. The predicted molar refractivity (Wildman–Crippen MR) is 116 cm³/mol. The number of carbonyl (C=O) groups excluding carboxylic acids is 1. The monoisotopic (exact) mass is 439 g/mol. The summed E-state index contributed by atoms with van der Waals surface area (Å²) in [4.78, 5) is 17.6. The molecule has 1 fully saturated rings. The molecule has 6 nitrogen and oxygen atoms in total. The number of nitrogens with zero attached hydrogens (tertiary/aromatic N) is 3. The number of hydrogen-bond acceptors (Lipinski definition) is 6. The van der Waals surface area contributed by atoms with Crippen LogP contribution in [0, 0.1) is 11.3 Å². The maximum absolute atomic E-state index is 13.1. The van der Waals surface area contributed by atoms with Gasteiger partial charge in [-0.2, -0.15) is 9.57 Å². The third-order valence-corrected chi connectivity index (χ3v) is 8.53.